The topological polar surface area (TPSA) is 75.2 Å². The summed E-state index contributed by atoms with van der Waals surface area (Å²) in [5.74, 6) is 1.19. The van der Waals surface area contributed by atoms with E-state index in [0.717, 1.165) is 95.0 Å². The average Bonchev–Trinajstić information content (AvgIpc) is 1.56. The van der Waals surface area contributed by atoms with E-state index in [9.17, 15) is 9.59 Å². The second-order valence-corrected chi connectivity index (χ2v) is 46.5. The van der Waals surface area contributed by atoms with Gasteiger partial charge in [-0.3, -0.25) is 14.5 Å². The minimum Gasteiger partial charge on any atom is -0.307 e. The molecule has 11 aromatic rings. The van der Waals surface area contributed by atoms with Gasteiger partial charge in [0.15, 0.2) is 0 Å². The number of thiophene rings is 8. The third kappa shape index (κ3) is 23.5. The molecule has 2 fully saturated rings. The summed E-state index contributed by atoms with van der Waals surface area (Å²) in [6, 6.07) is 29.3. The first-order chi connectivity index (χ1) is 57.2. The smallest absolute Gasteiger partial charge is 0.265 e. The Kier molecular flexibility index (Phi) is 35.2. The molecule has 1 aromatic carbocycles. The first-order valence-corrected chi connectivity index (χ1v) is 55.0. The van der Waals surface area contributed by atoms with Gasteiger partial charge in [-0.2, -0.15) is 0 Å². The monoisotopic (exact) mass is 1820 g/mol. The molecule has 2 amide bonds. The van der Waals surface area contributed by atoms with Crippen molar-refractivity contribution in [2.75, 3.05) is 7.05 Å². The van der Waals surface area contributed by atoms with Gasteiger partial charge in [-0.05, 0) is 183 Å². The molecule has 2 atom stereocenters. The van der Waals surface area contributed by atoms with Crippen LogP contribution in [0.25, 0.3) is 112 Å². The molecule has 2 unspecified atom stereocenters. The third-order valence-corrected chi connectivity index (χ3v) is 38.1. The standard InChI is InChI=1S/C97H120N4O2S14/c1-10-18-24-28-32-36-42-64-56-70(60-78-92(102)100-96(104)114-78)108-86(64)74-50-52-76(110-74)88-66(44-38-34-30-26-20-12-3)58-79(112-88)93-98-84-82(72-48-46-68(106-72)54-62(16-7)40-22-14-5)91-85(83(90(84)116-93)73-49-47-69(107-73)55-63(17-8)41-23-15-6)99-94(117-91)80-59-67(45-39-35-31-27-21-13-4)89(113-80)77-53-51-75(111-77)87-65(43-37-33-29-25-19-11-2)57-71(109-87)61-81-95(103)101(9)97(105)115-81/h46-53,56-63H,10-45,54-55H2,1-9H3,(H,100,102,104)/b78-60-,81-61-. The SMILES string of the molecule is CCCCCCCCc1cc(/C=C2\SC(=S)NC2=O)sc1-c1ccc(-c2sc(-c3nc4c(-c5ccc(CC(CC)CCCC)s5)c5sc(-c6cc(CCCCCCCC)c(-c7ccc(-c8sc(/C=C9\SC(=S)N(C)C9=O)cc8CCCCCCCC)s7)s6)nc5c(-c5ccc(CC(CC)CCCC)s5)c4s3)cc2CCCCCCCC)s1. The zero-order chi connectivity index (χ0) is 81.7. The molecule has 624 valence electrons. The lowest BCUT2D eigenvalue weighted by atomic mass is 9.95. The van der Waals surface area contributed by atoms with E-state index >= 15 is 0 Å². The Balaban J connectivity index is 0.951. The number of amides is 2. The highest BCUT2D eigenvalue weighted by molar-refractivity contribution is 8.27. The average molecular weight is 1820 g/mol. The zero-order valence-corrected chi connectivity index (χ0v) is 81.9. The maximum atomic E-state index is 13.4. The van der Waals surface area contributed by atoms with Crippen LogP contribution < -0.4 is 5.32 Å². The van der Waals surface area contributed by atoms with E-state index in [4.69, 9.17) is 34.4 Å². The largest absolute Gasteiger partial charge is 0.307 e. The van der Waals surface area contributed by atoms with Gasteiger partial charge < -0.3 is 5.32 Å². The second kappa shape index (κ2) is 45.5. The molecule has 10 aromatic heterocycles. The summed E-state index contributed by atoms with van der Waals surface area (Å²) in [4.78, 5) is 62.7. The lowest BCUT2D eigenvalue weighted by Gasteiger charge is -2.13. The van der Waals surface area contributed by atoms with Crippen LogP contribution >= 0.6 is 161 Å². The minimum atomic E-state index is -0.0988. The van der Waals surface area contributed by atoms with Crippen molar-refractivity contribution in [1.29, 1.82) is 0 Å². The number of thiazole rings is 2. The van der Waals surface area contributed by atoms with Gasteiger partial charge in [0.1, 0.15) is 18.7 Å². The number of rotatable bonds is 50. The van der Waals surface area contributed by atoms with Gasteiger partial charge in [0.25, 0.3) is 11.8 Å². The fourth-order valence-corrected chi connectivity index (χ4v) is 30.9. The number of aryl methyl sites for hydroxylation is 4. The Morgan fingerprint density at radius 3 is 1.10 bits per heavy atom. The molecular weight excluding hydrogens is 1700 g/mol. The van der Waals surface area contributed by atoms with Crippen LogP contribution in [0.5, 0.6) is 0 Å². The lowest BCUT2D eigenvalue weighted by molar-refractivity contribution is -0.121. The van der Waals surface area contributed by atoms with Gasteiger partial charge in [0.05, 0.1) is 40.0 Å². The van der Waals surface area contributed by atoms with Crippen LogP contribution in [-0.2, 0) is 48.1 Å². The second-order valence-electron chi connectivity index (χ2n) is 32.3. The summed E-state index contributed by atoms with van der Waals surface area (Å²) in [5.41, 5.74) is 10.4. The van der Waals surface area contributed by atoms with E-state index < -0.39 is 0 Å². The van der Waals surface area contributed by atoms with Crippen molar-refractivity contribution in [3.05, 3.63) is 124 Å². The molecule has 12 heterocycles. The molecule has 0 saturated carbocycles. The Morgan fingerprint density at radius 1 is 0.385 bits per heavy atom. The van der Waals surface area contributed by atoms with Gasteiger partial charge in [0, 0.05) is 86.5 Å². The number of thiocarbonyl (C=S) groups is 2. The van der Waals surface area contributed by atoms with Crippen molar-refractivity contribution in [1.82, 2.24) is 20.2 Å². The number of nitrogens with one attached hydrogen (secondary N) is 1. The summed E-state index contributed by atoms with van der Waals surface area (Å²) in [6.45, 7) is 18.7. The van der Waals surface area contributed by atoms with Crippen LogP contribution in [0.2, 0.25) is 0 Å². The third-order valence-electron chi connectivity index (χ3n) is 23.2. The molecule has 0 radical (unpaired) electrons. The van der Waals surface area contributed by atoms with Crippen molar-refractivity contribution in [2.45, 2.75) is 299 Å². The number of aromatic nitrogens is 2. The van der Waals surface area contributed by atoms with Crippen molar-refractivity contribution in [3.63, 3.8) is 0 Å². The number of carbonyl (C=O) groups excluding carboxylic acids is 2. The van der Waals surface area contributed by atoms with Gasteiger partial charge >= 0.3 is 0 Å². The predicted octanol–water partition coefficient (Wildman–Crippen LogP) is 35.2. The summed E-state index contributed by atoms with van der Waals surface area (Å²) in [5, 5.41) is 5.05. The molecule has 6 nitrogen and oxygen atoms in total. The van der Waals surface area contributed by atoms with E-state index in [1.54, 1.807) is 11.9 Å². The molecule has 20 heteroatoms. The molecular formula is C97H120N4O2S14. The predicted molar refractivity (Wildman–Crippen MR) is 539 cm³/mol. The molecule has 2 saturated heterocycles. The van der Waals surface area contributed by atoms with Crippen LogP contribution in [0.15, 0.2) is 82.6 Å². The summed E-state index contributed by atoms with van der Waals surface area (Å²) in [7, 11) is 1.79. The van der Waals surface area contributed by atoms with E-state index in [1.165, 1.54) is 314 Å². The van der Waals surface area contributed by atoms with Crippen LogP contribution in [0, 0.1) is 11.8 Å². The van der Waals surface area contributed by atoms with E-state index in [-0.39, 0.29) is 11.8 Å². The Labute approximate surface area is 758 Å². The molecule has 0 aliphatic carbocycles. The summed E-state index contributed by atoms with van der Waals surface area (Å²) in [6.07, 6.45) is 50.3. The molecule has 1 N–H and O–H groups in total. The molecule has 117 heavy (non-hydrogen) atoms. The van der Waals surface area contributed by atoms with Crippen LogP contribution in [-0.4, -0.2) is 42.4 Å². The lowest BCUT2D eigenvalue weighted by Crippen LogP contribution is -2.22. The summed E-state index contributed by atoms with van der Waals surface area (Å²) >= 11 is 33.2. The van der Waals surface area contributed by atoms with Gasteiger partial charge in [-0.1, -0.05) is 283 Å². The Morgan fingerprint density at radius 2 is 0.744 bits per heavy atom. The van der Waals surface area contributed by atoms with E-state index in [2.05, 4.69) is 146 Å². The number of carbonyl (C=O) groups is 2. The number of hydrogen-bond donors (Lipinski definition) is 1. The summed E-state index contributed by atoms with van der Waals surface area (Å²) < 4.78 is 3.64. The highest BCUT2D eigenvalue weighted by Gasteiger charge is 2.32. The van der Waals surface area contributed by atoms with Crippen LogP contribution in [0.3, 0.4) is 0 Å². The highest BCUT2D eigenvalue weighted by Crippen LogP contribution is 2.56. The van der Waals surface area contributed by atoms with Crippen molar-refractivity contribution in [3.8, 4) is 79.7 Å². The van der Waals surface area contributed by atoms with Crippen molar-refractivity contribution >= 4 is 214 Å². The first-order valence-electron chi connectivity index (χ1n) is 44.3. The van der Waals surface area contributed by atoms with Gasteiger partial charge in [-0.15, -0.1) is 113 Å². The number of likely N-dealkylation sites (N-methyl/N-ethyl adjacent to an activating group) is 1. The number of unbranched alkanes of at least 4 members (excludes halogenated alkanes) is 22. The number of benzene rings is 1. The van der Waals surface area contributed by atoms with E-state index in [1.807, 2.05) is 113 Å². The zero-order valence-electron chi connectivity index (χ0n) is 70.5. The van der Waals surface area contributed by atoms with Gasteiger partial charge in [-0.25, -0.2) is 9.97 Å². The van der Waals surface area contributed by atoms with Crippen LogP contribution in [0.1, 0.15) is 303 Å². The van der Waals surface area contributed by atoms with Crippen LogP contribution in [0.4, 0.5) is 0 Å². The fourth-order valence-electron chi connectivity index (χ4n) is 16.4. The first kappa shape index (κ1) is 90.6. The molecule has 2 aliphatic heterocycles. The number of hydrogen-bond acceptors (Lipinski definition) is 18. The van der Waals surface area contributed by atoms with Crippen molar-refractivity contribution in [2.24, 2.45) is 11.8 Å². The molecule has 13 rings (SSSR count). The van der Waals surface area contributed by atoms with Crippen molar-refractivity contribution < 1.29 is 9.59 Å². The number of thioether (sulfide) groups is 2. The molecule has 2 aliphatic rings. The minimum absolute atomic E-state index is 0.0110. The Bertz CT molecular complexity index is 5040. The molecule has 0 spiro atoms. The number of nitrogens with zero attached hydrogens (tertiary/aromatic N) is 3. The number of fused-ring (bicyclic) bond motifs is 2. The van der Waals surface area contributed by atoms with E-state index in [0.29, 0.717) is 30.3 Å². The fraction of sp³-hybridized carbons (Fsp3) is 0.505. The highest BCUT2D eigenvalue weighted by atomic mass is 32.2. The maximum Gasteiger partial charge on any atom is 0.265 e. The normalized spacial score (nSPS) is 14.7. The van der Waals surface area contributed by atoms with Gasteiger partial charge in [0.2, 0.25) is 0 Å². The Hall–Kier alpha value is -4.10. The molecule has 0 bridgehead atoms. The quantitative estimate of drug-likeness (QED) is 0.0230. The maximum absolute atomic E-state index is 13.4.